The molecule has 0 amide bonds. The molecule has 1 atom stereocenters. The van der Waals surface area contributed by atoms with Crippen LogP contribution in [0.3, 0.4) is 0 Å². The van der Waals surface area contributed by atoms with E-state index in [1.165, 1.54) is 5.56 Å². The fraction of sp³-hybridized carbons (Fsp3) is 0.286. The molecule has 0 aliphatic carbocycles. The molecule has 1 unspecified atom stereocenters. The van der Waals surface area contributed by atoms with Gasteiger partial charge in [-0.15, -0.1) is 0 Å². The molecule has 0 saturated carbocycles. The van der Waals surface area contributed by atoms with Crippen molar-refractivity contribution < 1.29 is 0 Å². The minimum Gasteiger partial charge on any atom is -0.356 e. The maximum Gasteiger partial charge on any atom is 0.191 e. The normalized spacial score (nSPS) is 12.6. The van der Waals surface area contributed by atoms with Gasteiger partial charge in [0.25, 0.3) is 0 Å². The lowest BCUT2D eigenvalue weighted by atomic mass is 10.1. The van der Waals surface area contributed by atoms with Crippen LogP contribution < -0.4 is 10.6 Å². The largest absolute Gasteiger partial charge is 0.356 e. The Morgan fingerprint density at radius 1 is 1.18 bits per heavy atom. The molecule has 3 rings (SSSR count). The Bertz CT molecular complexity index is 872. The highest BCUT2D eigenvalue weighted by Crippen LogP contribution is 2.19. The van der Waals surface area contributed by atoms with Crippen molar-refractivity contribution in [2.24, 2.45) is 4.99 Å². The van der Waals surface area contributed by atoms with Gasteiger partial charge >= 0.3 is 0 Å². The van der Waals surface area contributed by atoms with Crippen LogP contribution in [0.25, 0.3) is 0 Å². The number of aromatic nitrogens is 3. The molecule has 0 aliphatic heterocycles. The predicted molar refractivity (Wildman–Crippen MR) is 114 cm³/mol. The third-order valence-electron chi connectivity index (χ3n) is 4.46. The van der Waals surface area contributed by atoms with Crippen LogP contribution in [0.5, 0.6) is 0 Å². The summed E-state index contributed by atoms with van der Waals surface area (Å²) in [6.45, 7) is 3.41. The first-order valence-corrected chi connectivity index (χ1v) is 9.64. The van der Waals surface area contributed by atoms with Crippen molar-refractivity contribution in [2.45, 2.75) is 19.4 Å². The van der Waals surface area contributed by atoms with Crippen LogP contribution in [0.1, 0.15) is 22.9 Å². The van der Waals surface area contributed by atoms with E-state index < -0.39 is 0 Å². The van der Waals surface area contributed by atoms with Gasteiger partial charge in [-0.25, -0.2) is 0 Å². The Hall–Kier alpha value is -2.86. The number of aryl methyl sites for hydroxylation is 1. The lowest BCUT2D eigenvalue weighted by molar-refractivity contribution is 0.511. The summed E-state index contributed by atoms with van der Waals surface area (Å²) in [4.78, 5) is 8.65. The summed E-state index contributed by atoms with van der Waals surface area (Å²) in [6.07, 6.45) is 6.54. The summed E-state index contributed by atoms with van der Waals surface area (Å²) >= 11 is 6.04. The number of benzene rings is 1. The molecule has 0 saturated heterocycles. The second-order valence-electron chi connectivity index (χ2n) is 6.49. The summed E-state index contributed by atoms with van der Waals surface area (Å²) in [5.74, 6) is 0.756. The average Bonchev–Trinajstić information content (AvgIpc) is 3.24. The Labute approximate surface area is 170 Å². The first-order chi connectivity index (χ1) is 13.7. The van der Waals surface area contributed by atoms with Crippen molar-refractivity contribution in [3.63, 3.8) is 0 Å². The maximum atomic E-state index is 6.04. The Balaban J connectivity index is 1.58. The molecule has 0 aliphatic rings. The smallest absolute Gasteiger partial charge is 0.191 e. The molecule has 6 nitrogen and oxygen atoms in total. The second-order valence-corrected chi connectivity index (χ2v) is 6.93. The van der Waals surface area contributed by atoms with Crippen molar-refractivity contribution in [3.05, 3.63) is 82.9 Å². The van der Waals surface area contributed by atoms with Crippen molar-refractivity contribution >= 4 is 17.6 Å². The van der Waals surface area contributed by atoms with E-state index in [-0.39, 0.29) is 6.04 Å². The quantitative estimate of drug-likeness (QED) is 0.475. The standard InChI is InChI=1S/C21H25ClN6/c1-16-4-5-17(14-25-16)10-12-24-21(23-2)26-15-20(28-13-3-11-27-28)18-6-8-19(22)9-7-18/h3-9,11,13-14,20H,10,12,15H2,1-2H3,(H2,23,24,26). The SMILES string of the molecule is CN=C(NCCc1ccc(C)nc1)NCC(c1ccc(Cl)cc1)n1cccn1. The van der Waals surface area contributed by atoms with Gasteiger partial charge in [-0.2, -0.15) is 5.10 Å². The van der Waals surface area contributed by atoms with E-state index in [1.54, 1.807) is 13.2 Å². The van der Waals surface area contributed by atoms with Crippen molar-refractivity contribution in [2.75, 3.05) is 20.1 Å². The molecule has 28 heavy (non-hydrogen) atoms. The molecule has 2 aromatic heterocycles. The van der Waals surface area contributed by atoms with Gasteiger partial charge in [0, 0.05) is 49.4 Å². The molecule has 0 radical (unpaired) electrons. The third-order valence-corrected chi connectivity index (χ3v) is 4.72. The zero-order valence-corrected chi connectivity index (χ0v) is 16.9. The van der Waals surface area contributed by atoms with Crippen LogP contribution in [-0.2, 0) is 6.42 Å². The second kappa shape index (κ2) is 9.90. The van der Waals surface area contributed by atoms with E-state index in [1.807, 2.05) is 60.4 Å². The number of hydrogen-bond donors (Lipinski definition) is 2. The van der Waals surface area contributed by atoms with Gasteiger partial charge in [0.1, 0.15) is 0 Å². The lowest BCUT2D eigenvalue weighted by Gasteiger charge is -2.20. The van der Waals surface area contributed by atoms with E-state index in [2.05, 4.69) is 31.8 Å². The zero-order valence-electron chi connectivity index (χ0n) is 16.1. The highest BCUT2D eigenvalue weighted by Gasteiger charge is 2.14. The number of guanidine groups is 1. The minimum atomic E-state index is 0.0344. The highest BCUT2D eigenvalue weighted by molar-refractivity contribution is 6.30. The molecule has 3 aromatic rings. The van der Waals surface area contributed by atoms with Gasteiger partial charge < -0.3 is 10.6 Å². The van der Waals surface area contributed by atoms with Gasteiger partial charge in [0.05, 0.1) is 6.04 Å². The van der Waals surface area contributed by atoms with E-state index >= 15 is 0 Å². The molecule has 0 fully saturated rings. The molecular formula is C21H25ClN6. The molecule has 146 valence electrons. The number of aliphatic imine (C=N–C) groups is 1. The zero-order chi connectivity index (χ0) is 19.8. The van der Waals surface area contributed by atoms with E-state index in [9.17, 15) is 0 Å². The predicted octanol–water partition coefficient (Wildman–Crippen LogP) is 3.24. The average molecular weight is 397 g/mol. The van der Waals surface area contributed by atoms with Crippen LogP contribution >= 0.6 is 11.6 Å². The fourth-order valence-corrected chi connectivity index (χ4v) is 3.03. The lowest BCUT2D eigenvalue weighted by Crippen LogP contribution is -2.41. The number of halogens is 1. The number of rotatable bonds is 7. The van der Waals surface area contributed by atoms with Gasteiger partial charge in [0.2, 0.25) is 0 Å². The van der Waals surface area contributed by atoms with Gasteiger partial charge in [-0.05, 0) is 48.7 Å². The minimum absolute atomic E-state index is 0.0344. The Morgan fingerprint density at radius 2 is 2.00 bits per heavy atom. The highest BCUT2D eigenvalue weighted by atomic mass is 35.5. The monoisotopic (exact) mass is 396 g/mol. The van der Waals surface area contributed by atoms with Gasteiger partial charge in [-0.3, -0.25) is 14.7 Å². The molecule has 1 aromatic carbocycles. The Morgan fingerprint density at radius 3 is 2.64 bits per heavy atom. The summed E-state index contributed by atoms with van der Waals surface area (Å²) in [5.41, 5.74) is 3.35. The summed E-state index contributed by atoms with van der Waals surface area (Å²) in [5, 5.41) is 11.9. The van der Waals surface area contributed by atoms with Crippen molar-refractivity contribution in [1.82, 2.24) is 25.4 Å². The van der Waals surface area contributed by atoms with Crippen LogP contribution in [0, 0.1) is 6.92 Å². The molecule has 0 spiro atoms. The van der Waals surface area contributed by atoms with E-state index in [4.69, 9.17) is 11.6 Å². The van der Waals surface area contributed by atoms with Crippen LogP contribution in [0.4, 0.5) is 0 Å². The number of pyridine rings is 1. The summed E-state index contributed by atoms with van der Waals surface area (Å²) in [7, 11) is 1.77. The van der Waals surface area contributed by atoms with Gasteiger partial charge in [0.15, 0.2) is 5.96 Å². The summed E-state index contributed by atoms with van der Waals surface area (Å²) in [6, 6.07) is 13.9. The molecular weight excluding hydrogens is 372 g/mol. The first-order valence-electron chi connectivity index (χ1n) is 9.26. The fourth-order valence-electron chi connectivity index (χ4n) is 2.90. The molecule has 2 heterocycles. The Kier molecular flexibility index (Phi) is 7.03. The van der Waals surface area contributed by atoms with Crippen LogP contribution in [0.15, 0.2) is 66.0 Å². The third kappa shape index (κ3) is 5.57. The topological polar surface area (TPSA) is 67.1 Å². The molecule has 7 heteroatoms. The first kappa shape index (κ1) is 19.9. The number of nitrogens with zero attached hydrogens (tertiary/aromatic N) is 4. The van der Waals surface area contributed by atoms with Crippen molar-refractivity contribution in [3.8, 4) is 0 Å². The molecule has 0 bridgehead atoms. The number of nitrogens with one attached hydrogen (secondary N) is 2. The van der Waals surface area contributed by atoms with Crippen LogP contribution in [0.2, 0.25) is 5.02 Å². The van der Waals surface area contributed by atoms with E-state index in [0.717, 1.165) is 35.2 Å². The maximum absolute atomic E-state index is 6.04. The molecule has 2 N–H and O–H groups in total. The summed E-state index contributed by atoms with van der Waals surface area (Å²) < 4.78 is 1.93. The van der Waals surface area contributed by atoms with Crippen LogP contribution in [-0.4, -0.2) is 40.9 Å². The number of hydrogen-bond acceptors (Lipinski definition) is 3. The van der Waals surface area contributed by atoms with E-state index in [0.29, 0.717) is 6.54 Å². The van der Waals surface area contributed by atoms with Gasteiger partial charge in [-0.1, -0.05) is 29.8 Å². The van der Waals surface area contributed by atoms with Crippen molar-refractivity contribution in [1.29, 1.82) is 0 Å².